The van der Waals surface area contributed by atoms with Crippen LogP contribution in [-0.4, -0.2) is 49.5 Å². The first-order valence-corrected chi connectivity index (χ1v) is 10.4. The highest BCUT2D eigenvalue weighted by molar-refractivity contribution is 5.97. The van der Waals surface area contributed by atoms with Crippen LogP contribution >= 0.6 is 0 Å². The lowest BCUT2D eigenvalue weighted by atomic mass is 9.99. The van der Waals surface area contributed by atoms with E-state index in [0.717, 1.165) is 11.1 Å². The largest absolute Gasteiger partial charge is 0.495 e. The standard InChI is InChI=1S/C24H27N3O7/c1-13-9-15(11-20(32-3)23(13)33-4)22-16(12-34-27-22)14-5-7-19(31-2)18(10-14)26-24(30)17(25)6-8-21(28)29/h5,7,9-12,17H,6,8,25H2,1-4H3,(H,26,30)(H,28,29). The summed E-state index contributed by atoms with van der Waals surface area (Å²) in [4.78, 5) is 23.3. The lowest BCUT2D eigenvalue weighted by molar-refractivity contribution is -0.137. The molecule has 1 aromatic heterocycles. The van der Waals surface area contributed by atoms with Crippen LogP contribution in [0, 0.1) is 6.92 Å². The molecule has 0 bridgehead atoms. The molecule has 0 saturated heterocycles. The van der Waals surface area contributed by atoms with Crippen molar-refractivity contribution < 1.29 is 33.4 Å². The smallest absolute Gasteiger partial charge is 0.303 e. The highest BCUT2D eigenvalue weighted by atomic mass is 16.5. The minimum atomic E-state index is -1.02. The normalized spacial score (nSPS) is 11.6. The van der Waals surface area contributed by atoms with E-state index < -0.39 is 17.9 Å². The third-order valence-electron chi connectivity index (χ3n) is 5.28. The molecule has 0 spiro atoms. The molecule has 0 aliphatic carbocycles. The number of aryl methyl sites for hydroxylation is 1. The van der Waals surface area contributed by atoms with Gasteiger partial charge in [-0.15, -0.1) is 0 Å². The third-order valence-corrected chi connectivity index (χ3v) is 5.28. The molecule has 2 aromatic carbocycles. The van der Waals surface area contributed by atoms with Crippen molar-refractivity contribution in [1.29, 1.82) is 0 Å². The maximum Gasteiger partial charge on any atom is 0.303 e. The molecule has 1 heterocycles. The van der Waals surface area contributed by atoms with E-state index in [2.05, 4.69) is 10.5 Å². The molecule has 1 atom stereocenters. The Kier molecular flexibility index (Phi) is 7.75. The van der Waals surface area contributed by atoms with Gasteiger partial charge in [0.05, 0.1) is 33.1 Å². The molecule has 0 aliphatic rings. The van der Waals surface area contributed by atoms with Gasteiger partial charge in [0.1, 0.15) is 17.7 Å². The predicted octanol–water partition coefficient (Wildman–Crippen LogP) is 3.47. The number of carboxylic acids is 1. The summed E-state index contributed by atoms with van der Waals surface area (Å²) in [6.45, 7) is 1.90. The maximum absolute atomic E-state index is 12.5. The van der Waals surface area contributed by atoms with Gasteiger partial charge < -0.3 is 34.9 Å². The number of carbonyl (C=O) groups excluding carboxylic acids is 1. The van der Waals surface area contributed by atoms with Crippen LogP contribution in [0.1, 0.15) is 18.4 Å². The Balaban J connectivity index is 1.96. The van der Waals surface area contributed by atoms with Gasteiger partial charge in [-0.25, -0.2) is 0 Å². The maximum atomic E-state index is 12.5. The molecule has 0 saturated carbocycles. The van der Waals surface area contributed by atoms with Gasteiger partial charge in [-0.2, -0.15) is 0 Å². The van der Waals surface area contributed by atoms with Crippen LogP contribution in [0.5, 0.6) is 17.2 Å². The highest BCUT2D eigenvalue weighted by Gasteiger charge is 2.20. The summed E-state index contributed by atoms with van der Waals surface area (Å²) in [6.07, 6.45) is 1.31. The number of aromatic nitrogens is 1. The molecule has 0 radical (unpaired) electrons. The number of hydrogen-bond acceptors (Lipinski definition) is 8. The van der Waals surface area contributed by atoms with Crippen LogP contribution in [0.2, 0.25) is 0 Å². The summed E-state index contributed by atoms with van der Waals surface area (Å²) in [6, 6.07) is 7.96. The quantitative estimate of drug-likeness (QED) is 0.406. The van der Waals surface area contributed by atoms with Gasteiger partial charge in [0.25, 0.3) is 0 Å². The summed E-state index contributed by atoms with van der Waals surface area (Å²) in [5.41, 5.74) is 9.81. The number of nitrogens with two attached hydrogens (primary N) is 1. The summed E-state index contributed by atoms with van der Waals surface area (Å²) >= 11 is 0. The van der Waals surface area contributed by atoms with E-state index in [-0.39, 0.29) is 12.8 Å². The van der Waals surface area contributed by atoms with E-state index in [1.54, 1.807) is 32.4 Å². The Bertz CT molecular complexity index is 1190. The van der Waals surface area contributed by atoms with Gasteiger partial charge in [0.15, 0.2) is 11.5 Å². The summed E-state index contributed by atoms with van der Waals surface area (Å²) in [7, 11) is 4.61. The van der Waals surface area contributed by atoms with Crippen molar-refractivity contribution in [2.24, 2.45) is 5.73 Å². The number of aliphatic carboxylic acids is 1. The molecule has 0 fully saturated rings. The summed E-state index contributed by atoms with van der Waals surface area (Å²) in [5.74, 6) is 0.0722. The van der Waals surface area contributed by atoms with Crippen molar-refractivity contribution in [2.45, 2.75) is 25.8 Å². The zero-order valence-electron chi connectivity index (χ0n) is 19.4. The number of nitrogens with one attached hydrogen (secondary N) is 1. The van der Waals surface area contributed by atoms with Crippen molar-refractivity contribution >= 4 is 17.6 Å². The average molecular weight is 469 g/mol. The highest BCUT2D eigenvalue weighted by Crippen LogP contribution is 2.40. The predicted molar refractivity (Wildman–Crippen MR) is 125 cm³/mol. The fraction of sp³-hybridized carbons (Fsp3) is 0.292. The number of carbonyl (C=O) groups is 2. The monoisotopic (exact) mass is 469 g/mol. The molecule has 10 nitrogen and oxygen atoms in total. The van der Waals surface area contributed by atoms with E-state index >= 15 is 0 Å². The summed E-state index contributed by atoms with van der Waals surface area (Å²) < 4.78 is 21.5. The molecular formula is C24H27N3O7. The van der Waals surface area contributed by atoms with Gasteiger partial charge in [0.2, 0.25) is 5.91 Å². The molecule has 3 rings (SSSR count). The zero-order chi connectivity index (χ0) is 24.8. The lowest BCUT2D eigenvalue weighted by Gasteiger charge is -2.15. The topological polar surface area (TPSA) is 146 Å². The van der Waals surface area contributed by atoms with Crippen LogP contribution in [0.4, 0.5) is 5.69 Å². The molecule has 4 N–H and O–H groups in total. The Morgan fingerprint density at radius 1 is 1.09 bits per heavy atom. The molecule has 1 amide bonds. The van der Waals surface area contributed by atoms with Crippen molar-refractivity contribution in [2.75, 3.05) is 26.6 Å². The van der Waals surface area contributed by atoms with Gasteiger partial charge in [-0.05, 0) is 48.7 Å². The fourth-order valence-electron chi connectivity index (χ4n) is 3.55. The second-order valence-corrected chi connectivity index (χ2v) is 7.55. The minimum Gasteiger partial charge on any atom is -0.495 e. The van der Waals surface area contributed by atoms with Crippen molar-refractivity contribution in [3.05, 3.63) is 42.2 Å². The van der Waals surface area contributed by atoms with E-state index in [1.807, 2.05) is 19.1 Å². The van der Waals surface area contributed by atoms with Gasteiger partial charge >= 0.3 is 5.97 Å². The first-order chi connectivity index (χ1) is 16.3. The second-order valence-electron chi connectivity index (χ2n) is 7.55. The Morgan fingerprint density at radius 3 is 2.47 bits per heavy atom. The number of ether oxygens (including phenoxy) is 3. The number of carboxylic acid groups (broad SMARTS) is 1. The molecule has 0 aliphatic heterocycles. The number of nitrogens with zero attached hydrogens (tertiary/aromatic N) is 1. The Hall–Kier alpha value is -4.05. The zero-order valence-corrected chi connectivity index (χ0v) is 19.4. The number of hydrogen-bond donors (Lipinski definition) is 3. The second kappa shape index (κ2) is 10.7. The van der Waals surface area contributed by atoms with Gasteiger partial charge in [-0.3, -0.25) is 9.59 Å². The summed E-state index contributed by atoms with van der Waals surface area (Å²) in [5, 5.41) is 15.7. The van der Waals surface area contributed by atoms with Crippen LogP contribution in [0.3, 0.4) is 0 Å². The molecule has 1 unspecified atom stereocenters. The van der Waals surface area contributed by atoms with E-state index in [9.17, 15) is 9.59 Å². The third kappa shape index (κ3) is 5.29. The van der Waals surface area contributed by atoms with Gasteiger partial charge in [-0.1, -0.05) is 11.2 Å². The van der Waals surface area contributed by atoms with Crippen LogP contribution < -0.4 is 25.3 Å². The van der Waals surface area contributed by atoms with E-state index in [1.165, 1.54) is 13.4 Å². The van der Waals surface area contributed by atoms with Crippen molar-refractivity contribution in [3.8, 4) is 39.6 Å². The first-order valence-electron chi connectivity index (χ1n) is 10.4. The molecule has 180 valence electrons. The average Bonchev–Trinajstić information content (AvgIpc) is 3.31. The SMILES string of the molecule is COc1ccc(-c2conc2-c2cc(C)c(OC)c(OC)c2)cc1NC(=O)C(N)CCC(=O)O. The molecule has 10 heteroatoms. The molecule has 3 aromatic rings. The number of methoxy groups -OCH3 is 3. The lowest BCUT2D eigenvalue weighted by Crippen LogP contribution is -2.36. The van der Waals surface area contributed by atoms with Crippen LogP contribution in [0.15, 0.2) is 41.1 Å². The number of amides is 1. The fourth-order valence-corrected chi connectivity index (χ4v) is 3.55. The number of rotatable bonds is 10. The molecule has 34 heavy (non-hydrogen) atoms. The first kappa shape index (κ1) is 24.6. The Morgan fingerprint density at radius 2 is 1.82 bits per heavy atom. The van der Waals surface area contributed by atoms with Crippen molar-refractivity contribution in [1.82, 2.24) is 5.16 Å². The number of benzene rings is 2. The number of anilines is 1. The van der Waals surface area contributed by atoms with E-state index in [0.29, 0.717) is 39.8 Å². The van der Waals surface area contributed by atoms with Crippen LogP contribution in [-0.2, 0) is 9.59 Å². The van der Waals surface area contributed by atoms with Crippen LogP contribution in [0.25, 0.3) is 22.4 Å². The van der Waals surface area contributed by atoms with Gasteiger partial charge in [0, 0.05) is 17.5 Å². The Labute approximate surface area is 196 Å². The van der Waals surface area contributed by atoms with Crippen molar-refractivity contribution in [3.63, 3.8) is 0 Å². The molecular weight excluding hydrogens is 442 g/mol. The minimum absolute atomic E-state index is 0.0115. The van der Waals surface area contributed by atoms with E-state index in [4.69, 9.17) is 29.6 Å².